The Morgan fingerprint density at radius 3 is 3.21 bits per heavy atom. The van der Waals surface area contributed by atoms with Crippen molar-refractivity contribution in [3.63, 3.8) is 0 Å². The summed E-state index contributed by atoms with van der Waals surface area (Å²) < 4.78 is 12.2. The first-order valence-electron chi connectivity index (χ1n) is 6.09. The molecule has 0 radical (unpaired) electrons. The van der Waals surface area contributed by atoms with Gasteiger partial charge < -0.3 is 4.74 Å². The van der Waals surface area contributed by atoms with Gasteiger partial charge in [0.05, 0.1) is 19.3 Å². The largest absolute Gasteiger partial charge is 0.374 e. The molecule has 0 saturated carbocycles. The fraction of sp³-hybridized carbons (Fsp3) is 0.545. The van der Waals surface area contributed by atoms with Crippen LogP contribution < -0.4 is 0 Å². The lowest BCUT2D eigenvalue weighted by Crippen LogP contribution is -2.43. The molecule has 0 bridgehead atoms. The van der Waals surface area contributed by atoms with Crippen molar-refractivity contribution in [2.75, 3.05) is 19.7 Å². The first-order valence-corrected chi connectivity index (χ1v) is 7.24. The third-order valence-electron chi connectivity index (χ3n) is 3.06. The fourth-order valence-corrected chi connectivity index (χ4v) is 2.77. The van der Waals surface area contributed by atoms with Crippen LogP contribution in [0.25, 0.3) is 0 Å². The van der Waals surface area contributed by atoms with Crippen molar-refractivity contribution in [2.45, 2.75) is 19.2 Å². The highest BCUT2D eigenvalue weighted by molar-refractivity contribution is 7.10. The summed E-state index contributed by atoms with van der Waals surface area (Å²) in [5, 5.41) is 8.25. The third kappa shape index (κ3) is 3.30. The summed E-state index contributed by atoms with van der Waals surface area (Å²) in [6.45, 7) is 3.97. The number of hydrogen-bond acceptors (Lipinski definition) is 6. The molecule has 1 aliphatic rings. The van der Waals surface area contributed by atoms with E-state index in [1.54, 1.807) is 6.20 Å². The van der Waals surface area contributed by atoms with Gasteiger partial charge >= 0.3 is 0 Å². The maximum Gasteiger partial charge on any atom is 0.138 e. The topological polar surface area (TPSA) is 56.1 Å². The maximum absolute atomic E-state index is 6.03. The summed E-state index contributed by atoms with van der Waals surface area (Å²) >= 11 is 7.26. The summed E-state index contributed by atoms with van der Waals surface area (Å²) in [4.78, 5) is 2.29. The number of morpholine rings is 1. The molecule has 1 fully saturated rings. The Kier molecular flexibility index (Phi) is 4.07. The lowest BCUT2D eigenvalue weighted by atomic mass is 10.2. The second kappa shape index (κ2) is 5.96. The average Bonchev–Trinajstić information content (AvgIpc) is 3.03. The molecule has 1 saturated heterocycles. The highest BCUT2D eigenvalue weighted by Gasteiger charge is 2.22. The van der Waals surface area contributed by atoms with Crippen molar-refractivity contribution in [1.82, 2.24) is 24.3 Å². The predicted octanol–water partition coefficient (Wildman–Crippen LogP) is 1.29. The van der Waals surface area contributed by atoms with Crippen LogP contribution in [0.5, 0.6) is 0 Å². The van der Waals surface area contributed by atoms with Gasteiger partial charge in [0.1, 0.15) is 10.0 Å². The molecule has 1 atom stereocenters. The fourth-order valence-electron chi connectivity index (χ4n) is 2.15. The van der Waals surface area contributed by atoms with Crippen molar-refractivity contribution in [2.24, 2.45) is 0 Å². The zero-order valence-corrected chi connectivity index (χ0v) is 11.8. The Balaban J connectivity index is 1.57. The van der Waals surface area contributed by atoms with Gasteiger partial charge in [-0.1, -0.05) is 16.1 Å². The molecule has 0 aromatic carbocycles. The Bertz CT molecular complexity index is 517. The van der Waals surface area contributed by atoms with Gasteiger partial charge in [0, 0.05) is 43.6 Å². The molecule has 2 aromatic heterocycles. The summed E-state index contributed by atoms with van der Waals surface area (Å²) in [5.41, 5.74) is 0.853. The Labute approximate surface area is 120 Å². The highest BCUT2D eigenvalue weighted by Crippen LogP contribution is 2.20. The minimum absolute atomic E-state index is 0.152. The van der Waals surface area contributed by atoms with E-state index in [0.717, 1.165) is 38.5 Å². The molecule has 3 rings (SSSR count). The summed E-state index contributed by atoms with van der Waals surface area (Å²) in [5.74, 6) is 0. The number of aromatic nitrogens is 4. The number of ether oxygens (including phenoxy) is 1. The highest BCUT2D eigenvalue weighted by atomic mass is 35.5. The molecule has 0 unspecified atom stereocenters. The van der Waals surface area contributed by atoms with Crippen molar-refractivity contribution in [1.29, 1.82) is 0 Å². The van der Waals surface area contributed by atoms with Gasteiger partial charge in [0.2, 0.25) is 0 Å². The van der Waals surface area contributed by atoms with Gasteiger partial charge in [0.25, 0.3) is 0 Å². The van der Waals surface area contributed by atoms with Crippen molar-refractivity contribution in [3.8, 4) is 0 Å². The molecule has 8 heteroatoms. The van der Waals surface area contributed by atoms with E-state index in [1.807, 2.05) is 16.9 Å². The van der Waals surface area contributed by atoms with Crippen LogP contribution in [-0.2, 0) is 17.8 Å². The zero-order chi connectivity index (χ0) is 13.1. The second-order valence-electron chi connectivity index (χ2n) is 4.45. The SMILES string of the molecule is Clc1snnc1CN1CCO[C@H](Cn2cccn2)C1. The van der Waals surface area contributed by atoms with E-state index in [-0.39, 0.29) is 6.10 Å². The van der Waals surface area contributed by atoms with E-state index in [2.05, 4.69) is 19.6 Å². The van der Waals surface area contributed by atoms with Gasteiger partial charge in [-0.2, -0.15) is 5.10 Å². The minimum atomic E-state index is 0.152. The number of hydrogen-bond donors (Lipinski definition) is 0. The van der Waals surface area contributed by atoms with Crippen molar-refractivity contribution < 1.29 is 4.74 Å². The van der Waals surface area contributed by atoms with Crippen LogP contribution in [0.3, 0.4) is 0 Å². The third-order valence-corrected chi connectivity index (χ3v) is 4.04. The van der Waals surface area contributed by atoms with Crippen LogP contribution in [-0.4, -0.2) is 50.1 Å². The van der Waals surface area contributed by atoms with Crippen LogP contribution in [0.2, 0.25) is 4.34 Å². The summed E-state index contributed by atoms with van der Waals surface area (Å²) in [6.07, 6.45) is 3.88. The Morgan fingerprint density at radius 2 is 2.47 bits per heavy atom. The number of nitrogens with zero attached hydrogens (tertiary/aromatic N) is 5. The van der Waals surface area contributed by atoms with Crippen LogP contribution in [0.1, 0.15) is 5.69 Å². The van der Waals surface area contributed by atoms with E-state index in [9.17, 15) is 0 Å². The maximum atomic E-state index is 6.03. The van der Waals surface area contributed by atoms with E-state index >= 15 is 0 Å². The van der Waals surface area contributed by atoms with Gasteiger partial charge in [0.15, 0.2) is 0 Å². The standard InChI is InChI=1S/C11H14ClN5OS/c12-11-10(14-15-19-11)8-16-4-5-18-9(6-16)7-17-3-1-2-13-17/h1-3,9H,4-8H2/t9-/m0/s1. The molecule has 2 aromatic rings. The van der Waals surface area contributed by atoms with Gasteiger partial charge in [-0.25, -0.2) is 0 Å². The van der Waals surface area contributed by atoms with Crippen LogP contribution in [0, 0.1) is 0 Å². The lowest BCUT2D eigenvalue weighted by molar-refractivity contribution is -0.0405. The first-order chi connectivity index (χ1) is 9.31. The summed E-state index contributed by atoms with van der Waals surface area (Å²) in [6, 6.07) is 1.92. The van der Waals surface area contributed by atoms with E-state index < -0.39 is 0 Å². The van der Waals surface area contributed by atoms with Gasteiger partial charge in [-0.15, -0.1) is 5.10 Å². The van der Waals surface area contributed by atoms with Gasteiger partial charge in [-0.05, 0) is 6.07 Å². The number of rotatable bonds is 4. The van der Waals surface area contributed by atoms with Crippen LogP contribution >= 0.6 is 23.1 Å². The molecule has 6 nitrogen and oxygen atoms in total. The minimum Gasteiger partial charge on any atom is -0.374 e. The Hall–Kier alpha value is -1.02. The monoisotopic (exact) mass is 299 g/mol. The Morgan fingerprint density at radius 1 is 1.53 bits per heavy atom. The first kappa shape index (κ1) is 13.0. The normalized spacial score (nSPS) is 20.8. The number of halogens is 1. The van der Waals surface area contributed by atoms with Crippen molar-refractivity contribution >= 4 is 23.1 Å². The van der Waals surface area contributed by atoms with E-state index in [0.29, 0.717) is 4.34 Å². The van der Waals surface area contributed by atoms with E-state index in [4.69, 9.17) is 16.3 Å². The molecule has 102 valence electrons. The predicted molar refractivity (Wildman–Crippen MR) is 72.2 cm³/mol. The van der Waals surface area contributed by atoms with Gasteiger partial charge in [-0.3, -0.25) is 9.58 Å². The molecular formula is C11H14ClN5OS. The van der Waals surface area contributed by atoms with Crippen LogP contribution in [0.15, 0.2) is 18.5 Å². The van der Waals surface area contributed by atoms with Crippen LogP contribution in [0.4, 0.5) is 0 Å². The lowest BCUT2D eigenvalue weighted by Gasteiger charge is -2.32. The molecule has 3 heterocycles. The summed E-state index contributed by atoms with van der Waals surface area (Å²) in [7, 11) is 0. The smallest absolute Gasteiger partial charge is 0.138 e. The quantitative estimate of drug-likeness (QED) is 0.851. The van der Waals surface area contributed by atoms with Crippen molar-refractivity contribution in [3.05, 3.63) is 28.5 Å². The van der Waals surface area contributed by atoms with E-state index in [1.165, 1.54) is 11.5 Å². The molecule has 0 N–H and O–H groups in total. The second-order valence-corrected chi connectivity index (χ2v) is 5.81. The molecule has 0 spiro atoms. The molecule has 1 aliphatic heterocycles. The average molecular weight is 300 g/mol. The molecule has 0 amide bonds. The molecule has 19 heavy (non-hydrogen) atoms. The molecular weight excluding hydrogens is 286 g/mol. The zero-order valence-electron chi connectivity index (χ0n) is 10.3. The molecule has 0 aliphatic carbocycles.